The second-order valence-electron chi connectivity index (χ2n) is 10.1. The maximum absolute atomic E-state index is 12.8. The fourth-order valence-electron chi connectivity index (χ4n) is 5.48. The zero-order chi connectivity index (χ0) is 24.0. The number of pyridine rings is 1. The van der Waals surface area contributed by atoms with Crippen LogP contribution in [0.5, 0.6) is 0 Å². The van der Waals surface area contributed by atoms with Crippen LogP contribution < -0.4 is 4.90 Å². The normalized spacial score (nSPS) is 23.5. The highest BCUT2D eigenvalue weighted by molar-refractivity contribution is 7.88. The summed E-state index contributed by atoms with van der Waals surface area (Å²) in [6, 6.07) is 2.55. The highest BCUT2D eigenvalue weighted by Crippen LogP contribution is 2.45. The van der Waals surface area contributed by atoms with Crippen molar-refractivity contribution in [3.05, 3.63) is 22.4 Å². The molecule has 2 aliphatic heterocycles. The van der Waals surface area contributed by atoms with E-state index in [1.54, 1.807) is 7.11 Å². The number of aromatic nitrogens is 1. The molecule has 2 aliphatic carbocycles. The zero-order valence-electron chi connectivity index (χ0n) is 20.0. The minimum atomic E-state index is -3.31. The first-order chi connectivity index (χ1) is 16.3. The molecule has 9 nitrogen and oxygen atoms in total. The predicted octanol–water partition coefficient (Wildman–Crippen LogP) is 1.61. The molecule has 0 spiro atoms. The Kier molecular flexibility index (Phi) is 6.29. The van der Waals surface area contributed by atoms with E-state index < -0.39 is 10.0 Å². The van der Waals surface area contributed by atoms with E-state index >= 15 is 0 Å². The van der Waals surface area contributed by atoms with Crippen molar-refractivity contribution in [2.75, 3.05) is 51.1 Å². The van der Waals surface area contributed by atoms with Crippen LogP contribution in [0.15, 0.2) is 0 Å². The van der Waals surface area contributed by atoms with Gasteiger partial charge in [-0.3, -0.25) is 4.79 Å². The fraction of sp³-hybridized carbons (Fsp3) is 0.708. The van der Waals surface area contributed by atoms with E-state index in [1.165, 1.54) is 10.6 Å². The van der Waals surface area contributed by atoms with E-state index in [0.717, 1.165) is 48.3 Å². The first-order valence-corrected chi connectivity index (χ1v) is 14.1. The Morgan fingerprint density at radius 1 is 1.18 bits per heavy atom. The molecule has 1 saturated heterocycles. The SMILES string of the molecule is COCCC(=O)N1CCN(c2nc(C3CC3)c3c(c2C#N)CCN(S(C)(=O)=O)C3)C[C@H]1C1CC1. The first-order valence-electron chi connectivity index (χ1n) is 12.3. The van der Waals surface area contributed by atoms with Gasteiger partial charge in [-0.2, -0.15) is 9.57 Å². The summed E-state index contributed by atoms with van der Waals surface area (Å²) in [4.78, 5) is 22.1. The van der Waals surface area contributed by atoms with Crippen molar-refractivity contribution >= 4 is 21.7 Å². The Labute approximate surface area is 201 Å². The third kappa shape index (κ3) is 4.53. The number of hydrogen-bond donors (Lipinski definition) is 0. The van der Waals surface area contributed by atoms with Crippen molar-refractivity contribution < 1.29 is 17.9 Å². The fourth-order valence-corrected chi connectivity index (χ4v) is 6.26. The van der Waals surface area contributed by atoms with Crippen LogP contribution in [-0.4, -0.2) is 80.7 Å². The number of ether oxygens (including phenoxy) is 1. The number of sulfonamides is 1. The van der Waals surface area contributed by atoms with Crippen molar-refractivity contribution in [1.29, 1.82) is 5.26 Å². The molecule has 3 heterocycles. The van der Waals surface area contributed by atoms with Gasteiger partial charge in [-0.05, 0) is 49.1 Å². The lowest BCUT2D eigenvalue weighted by Crippen LogP contribution is -2.56. The van der Waals surface area contributed by atoms with Crippen LogP contribution in [-0.2, 0) is 32.5 Å². The third-order valence-corrected chi connectivity index (χ3v) is 8.89. The van der Waals surface area contributed by atoms with Gasteiger partial charge in [-0.15, -0.1) is 0 Å². The number of nitriles is 1. The molecule has 0 unspecified atom stereocenters. The summed E-state index contributed by atoms with van der Waals surface area (Å²) < 4.78 is 31.0. The molecule has 1 aromatic heterocycles. The molecule has 184 valence electrons. The van der Waals surface area contributed by atoms with Gasteiger partial charge in [0.05, 0.1) is 36.6 Å². The van der Waals surface area contributed by atoms with Crippen LogP contribution in [0.3, 0.4) is 0 Å². The Morgan fingerprint density at radius 3 is 2.56 bits per heavy atom. The van der Waals surface area contributed by atoms with Gasteiger partial charge in [0.25, 0.3) is 0 Å². The highest BCUT2D eigenvalue weighted by Gasteiger charge is 2.42. The van der Waals surface area contributed by atoms with Gasteiger partial charge >= 0.3 is 0 Å². The van der Waals surface area contributed by atoms with Crippen LogP contribution in [0.1, 0.15) is 60.4 Å². The molecular formula is C24H33N5O4S. The summed E-state index contributed by atoms with van der Waals surface area (Å²) in [6.07, 6.45) is 6.53. The average molecular weight is 488 g/mol. The summed E-state index contributed by atoms with van der Waals surface area (Å²) in [7, 11) is -1.69. The van der Waals surface area contributed by atoms with E-state index in [1.807, 2.05) is 4.90 Å². The smallest absolute Gasteiger partial charge is 0.225 e. The van der Waals surface area contributed by atoms with Gasteiger partial charge in [0, 0.05) is 45.8 Å². The van der Waals surface area contributed by atoms with Crippen LogP contribution >= 0.6 is 0 Å². The molecule has 4 aliphatic rings. The molecule has 0 aromatic carbocycles. The second kappa shape index (κ2) is 9.10. The Hall–Kier alpha value is -2.22. The van der Waals surface area contributed by atoms with Crippen molar-refractivity contribution in [2.45, 2.75) is 57.0 Å². The van der Waals surface area contributed by atoms with Crippen LogP contribution in [0.25, 0.3) is 0 Å². The summed E-state index contributed by atoms with van der Waals surface area (Å²) in [5.41, 5.74) is 3.46. The van der Waals surface area contributed by atoms with E-state index in [9.17, 15) is 18.5 Å². The molecule has 0 radical (unpaired) electrons. The largest absolute Gasteiger partial charge is 0.384 e. The number of hydrogen-bond acceptors (Lipinski definition) is 7. The summed E-state index contributed by atoms with van der Waals surface area (Å²) >= 11 is 0. The lowest BCUT2D eigenvalue weighted by atomic mass is 9.93. The third-order valence-electron chi connectivity index (χ3n) is 7.64. The molecule has 1 aromatic rings. The molecule has 10 heteroatoms. The van der Waals surface area contributed by atoms with Crippen molar-refractivity contribution in [3.63, 3.8) is 0 Å². The van der Waals surface area contributed by atoms with E-state index in [4.69, 9.17) is 9.72 Å². The number of amides is 1. The molecular weight excluding hydrogens is 454 g/mol. The van der Waals surface area contributed by atoms with Crippen molar-refractivity contribution in [3.8, 4) is 6.07 Å². The Balaban J connectivity index is 1.47. The molecule has 2 saturated carbocycles. The molecule has 0 bridgehead atoms. The number of anilines is 1. The molecule has 34 heavy (non-hydrogen) atoms. The Morgan fingerprint density at radius 2 is 1.94 bits per heavy atom. The van der Waals surface area contributed by atoms with Gasteiger partial charge in [0.15, 0.2) is 0 Å². The predicted molar refractivity (Wildman–Crippen MR) is 127 cm³/mol. The minimum Gasteiger partial charge on any atom is -0.384 e. The molecule has 1 amide bonds. The summed E-state index contributed by atoms with van der Waals surface area (Å²) in [5, 5.41) is 10.2. The van der Waals surface area contributed by atoms with Gasteiger partial charge in [0.1, 0.15) is 11.9 Å². The quantitative estimate of drug-likeness (QED) is 0.575. The number of rotatable bonds is 7. The standard InChI is InChI=1S/C24H33N5O4S/c1-33-12-8-22(30)29-11-10-27(15-21(29)16-3-4-16)24-19(13-25)18-7-9-28(34(2,31)32)14-20(18)23(26-24)17-5-6-17/h16-17,21H,3-12,14-15H2,1-2H3/t21-/m0/s1. The van der Waals surface area contributed by atoms with E-state index in [0.29, 0.717) is 69.6 Å². The van der Waals surface area contributed by atoms with Crippen molar-refractivity contribution in [2.24, 2.45) is 5.92 Å². The highest BCUT2D eigenvalue weighted by atomic mass is 32.2. The maximum atomic E-state index is 12.8. The van der Waals surface area contributed by atoms with E-state index in [2.05, 4.69) is 11.0 Å². The number of fused-ring (bicyclic) bond motifs is 1. The lowest BCUT2D eigenvalue weighted by molar-refractivity contribution is -0.135. The Bertz CT molecular complexity index is 1120. The van der Waals surface area contributed by atoms with Gasteiger partial charge in [0.2, 0.25) is 15.9 Å². The van der Waals surface area contributed by atoms with Gasteiger partial charge < -0.3 is 14.5 Å². The second-order valence-corrected chi connectivity index (χ2v) is 12.0. The summed E-state index contributed by atoms with van der Waals surface area (Å²) in [6.45, 7) is 3.06. The number of nitrogens with zero attached hydrogens (tertiary/aromatic N) is 5. The zero-order valence-corrected chi connectivity index (χ0v) is 20.8. The van der Waals surface area contributed by atoms with Crippen LogP contribution in [0.2, 0.25) is 0 Å². The molecule has 1 atom stereocenters. The van der Waals surface area contributed by atoms with Gasteiger partial charge in [-0.25, -0.2) is 13.4 Å². The molecule has 5 rings (SSSR count). The number of methoxy groups -OCH3 is 1. The van der Waals surface area contributed by atoms with Crippen molar-refractivity contribution in [1.82, 2.24) is 14.2 Å². The average Bonchev–Trinajstić information content (AvgIpc) is 3.73. The lowest BCUT2D eigenvalue weighted by Gasteiger charge is -2.43. The van der Waals surface area contributed by atoms with Gasteiger partial charge in [-0.1, -0.05) is 0 Å². The minimum absolute atomic E-state index is 0.132. The van der Waals surface area contributed by atoms with E-state index in [-0.39, 0.29) is 11.9 Å². The molecule has 3 fully saturated rings. The first kappa shape index (κ1) is 23.5. The molecule has 0 N–H and O–H groups in total. The van der Waals surface area contributed by atoms with Crippen LogP contribution in [0.4, 0.5) is 5.82 Å². The summed E-state index contributed by atoms with van der Waals surface area (Å²) in [5.74, 6) is 1.71. The number of carbonyl (C=O) groups excluding carboxylic acids is 1. The maximum Gasteiger partial charge on any atom is 0.225 e. The number of carbonyl (C=O) groups is 1. The topological polar surface area (TPSA) is 107 Å². The van der Waals surface area contributed by atoms with Crippen LogP contribution in [0, 0.1) is 17.2 Å². The number of piperazine rings is 1. The monoisotopic (exact) mass is 487 g/mol.